The summed E-state index contributed by atoms with van der Waals surface area (Å²) in [7, 11) is 1.89. The Labute approximate surface area is 73.8 Å². The van der Waals surface area contributed by atoms with E-state index in [2.05, 4.69) is 12.2 Å². The molecule has 0 spiro atoms. The molecule has 0 aliphatic heterocycles. The summed E-state index contributed by atoms with van der Waals surface area (Å²) in [5, 5.41) is 3.12. The van der Waals surface area contributed by atoms with Crippen molar-refractivity contribution in [2.75, 3.05) is 7.05 Å². The number of rotatable bonds is 3. The van der Waals surface area contributed by atoms with E-state index in [0.717, 1.165) is 12.0 Å². The molecule has 0 saturated carbocycles. The van der Waals surface area contributed by atoms with Crippen LogP contribution in [0.15, 0.2) is 30.3 Å². The topological polar surface area (TPSA) is 38.0 Å². The Morgan fingerprint density at radius 2 is 1.92 bits per heavy atom. The summed E-state index contributed by atoms with van der Waals surface area (Å²) in [5.41, 5.74) is 6.87. The van der Waals surface area contributed by atoms with Crippen LogP contribution < -0.4 is 11.1 Å². The molecule has 0 radical (unpaired) electrons. The van der Waals surface area contributed by atoms with E-state index in [1.165, 1.54) is 0 Å². The molecule has 0 saturated heterocycles. The standard InChI is InChI=1S/C10H16N2/c1-3-10(11,12-2)9-7-5-4-6-8-9/h4-8,12H,3,11H2,1-2H3. The molecule has 1 rings (SSSR count). The average Bonchev–Trinajstić information content (AvgIpc) is 2.18. The van der Waals surface area contributed by atoms with Gasteiger partial charge in [0.25, 0.3) is 0 Å². The molecule has 1 aromatic rings. The Morgan fingerprint density at radius 3 is 2.33 bits per heavy atom. The highest BCUT2D eigenvalue weighted by Crippen LogP contribution is 2.17. The highest BCUT2D eigenvalue weighted by atomic mass is 15.1. The molecular weight excluding hydrogens is 148 g/mol. The maximum absolute atomic E-state index is 6.11. The molecule has 0 aliphatic carbocycles. The number of nitrogens with one attached hydrogen (secondary N) is 1. The van der Waals surface area contributed by atoms with Crippen molar-refractivity contribution in [1.82, 2.24) is 5.32 Å². The minimum Gasteiger partial charge on any atom is -0.310 e. The third-order valence-electron chi connectivity index (χ3n) is 2.29. The van der Waals surface area contributed by atoms with Crippen molar-refractivity contribution in [2.24, 2.45) is 5.73 Å². The first-order valence-corrected chi connectivity index (χ1v) is 4.26. The van der Waals surface area contributed by atoms with E-state index in [4.69, 9.17) is 5.73 Å². The SMILES string of the molecule is CCC(N)(NC)c1ccccc1. The van der Waals surface area contributed by atoms with Crippen molar-refractivity contribution in [3.8, 4) is 0 Å². The first-order valence-electron chi connectivity index (χ1n) is 4.26. The molecule has 1 unspecified atom stereocenters. The fraction of sp³-hybridized carbons (Fsp3) is 0.400. The molecule has 0 aromatic heterocycles. The van der Waals surface area contributed by atoms with Gasteiger partial charge in [-0.3, -0.25) is 5.32 Å². The van der Waals surface area contributed by atoms with Crippen LogP contribution in [0.3, 0.4) is 0 Å². The fourth-order valence-corrected chi connectivity index (χ4v) is 1.26. The van der Waals surface area contributed by atoms with Crippen molar-refractivity contribution in [1.29, 1.82) is 0 Å². The van der Waals surface area contributed by atoms with Crippen molar-refractivity contribution < 1.29 is 0 Å². The lowest BCUT2D eigenvalue weighted by Crippen LogP contribution is -2.47. The van der Waals surface area contributed by atoms with Crippen LogP contribution in [0, 0.1) is 0 Å². The van der Waals surface area contributed by atoms with Gasteiger partial charge in [0.2, 0.25) is 0 Å². The van der Waals surface area contributed by atoms with E-state index in [0.29, 0.717) is 0 Å². The maximum Gasteiger partial charge on any atom is 0.0919 e. The van der Waals surface area contributed by atoms with Crippen LogP contribution in [-0.2, 0) is 5.66 Å². The van der Waals surface area contributed by atoms with Crippen molar-refractivity contribution in [2.45, 2.75) is 19.0 Å². The molecule has 66 valence electrons. The van der Waals surface area contributed by atoms with Gasteiger partial charge in [0.15, 0.2) is 0 Å². The molecule has 0 heterocycles. The molecule has 0 bridgehead atoms. The first-order chi connectivity index (χ1) is 5.73. The second-order valence-electron chi connectivity index (χ2n) is 2.94. The first kappa shape index (κ1) is 9.23. The summed E-state index contributed by atoms with van der Waals surface area (Å²) in [6.07, 6.45) is 0.882. The Kier molecular flexibility index (Phi) is 2.84. The Morgan fingerprint density at radius 1 is 1.33 bits per heavy atom. The van der Waals surface area contributed by atoms with Crippen LogP contribution in [0.5, 0.6) is 0 Å². The normalized spacial score (nSPS) is 15.6. The molecule has 0 aliphatic rings. The Bertz CT molecular complexity index is 227. The van der Waals surface area contributed by atoms with Crippen LogP contribution in [0.2, 0.25) is 0 Å². The Hall–Kier alpha value is -0.860. The van der Waals surface area contributed by atoms with Gasteiger partial charge in [0.1, 0.15) is 0 Å². The predicted molar refractivity (Wildman–Crippen MR) is 51.7 cm³/mol. The van der Waals surface area contributed by atoms with E-state index < -0.39 is 0 Å². The van der Waals surface area contributed by atoms with E-state index in [1.807, 2.05) is 37.4 Å². The van der Waals surface area contributed by atoms with E-state index >= 15 is 0 Å². The van der Waals surface area contributed by atoms with Crippen molar-refractivity contribution >= 4 is 0 Å². The van der Waals surface area contributed by atoms with Gasteiger partial charge in [-0.25, -0.2) is 0 Å². The zero-order valence-electron chi connectivity index (χ0n) is 7.67. The minimum atomic E-state index is -0.374. The number of hydrogen-bond acceptors (Lipinski definition) is 2. The minimum absolute atomic E-state index is 0.374. The lowest BCUT2D eigenvalue weighted by molar-refractivity contribution is 0.362. The summed E-state index contributed by atoms with van der Waals surface area (Å²) >= 11 is 0. The molecule has 1 atom stereocenters. The lowest BCUT2D eigenvalue weighted by atomic mass is 9.98. The van der Waals surface area contributed by atoms with Crippen LogP contribution in [0.25, 0.3) is 0 Å². The predicted octanol–water partition coefficient (Wildman–Crippen LogP) is 1.43. The monoisotopic (exact) mass is 164 g/mol. The third-order valence-corrected chi connectivity index (χ3v) is 2.29. The second kappa shape index (κ2) is 3.70. The van der Waals surface area contributed by atoms with E-state index in [9.17, 15) is 0 Å². The second-order valence-corrected chi connectivity index (χ2v) is 2.94. The van der Waals surface area contributed by atoms with Gasteiger partial charge in [-0.05, 0) is 19.0 Å². The average molecular weight is 164 g/mol. The van der Waals surface area contributed by atoms with E-state index in [1.54, 1.807) is 0 Å². The molecule has 1 aromatic carbocycles. The van der Waals surface area contributed by atoms with Gasteiger partial charge in [-0.2, -0.15) is 0 Å². The number of benzene rings is 1. The van der Waals surface area contributed by atoms with Crippen LogP contribution in [0.4, 0.5) is 0 Å². The van der Waals surface area contributed by atoms with Gasteiger partial charge in [0.05, 0.1) is 5.66 Å². The molecule has 2 nitrogen and oxygen atoms in total. The molecule has 0 fully saturated rings. The molecule has 3 N–H and O–H groups in total. The molecule has 12 heavy (non-hydrogen) atoms. The molecular formula is C10H16N2. The van der Waals surface area contributed by atoms with Gasteiger partial charge >= 0.3 is 0 Å². The zero-order chi connectivity index (χ0) is 9.03. The Balaban J connectivity index is 2.95. The van der Waals surface area contributed by atoms with E-state index in [-0.39, 0.29) is 5.66 Å². The van der Waals surface area contributed by atoms with Crippen LogP contribution >= 0.6 is 0 Å². The number of hydrogen-bond donors (Lipinski definition) is 2. The summed E-state index contributed by atoms with van der Waals surface area (Å²) < 4.78 is 0. The summed E-state index contributed by atoms with van der Waals surface area (Å²) in [6, 6.07) is 10.1. The zero-order valence-corrected chi connectivity index (χ0v) is 7.67. The summed E-state index contributed by atoms with van der Waals surface area (Å²) in [6.45, 7) is 2.07. The highest BCUT2D eigenvalue weighted by Gasteiger charge is 2.21. The molecule has 0 amide bonds. The maximum atomic E-state index is 6.11. The largest absolute Gasteiger partial charge is 0.310 e. The number of nitrogens with two attached hydrogens (primary N) is 1. The van der Waals surface area contributed by atoms with Gasteiger partial charge in [0, 0.05) is 0 Å². The summed E-state index contributed by atoms with van der Waals surface area (Å²) in [4.78, 5) is 0. The quantitative estimate of drug-likeness (QED) is 0.663. The van der Waals surface area contributed by atoms with Gasteiger partial charge in [-0.15, -0.1) is 0 Å². The van der Waals surface area contributed by atoms with Gasteiger partial charge in [-0.1, -0.05) is 37.3 Å². The highest BCUT2D eigenvalue weighted by molar-refractivity contribution is 5.22. The van der Waals surface area contributed by atoms with Crippen LogP contribution in [-0.4, -0.2) is 7.05 Å². The van der Waals surface area contributed by atoms with Crippen molar-refractivity contribution in [3.05, 3.63) is 35.9 Å². The fourth-order valence-electron chi connectivity index (χ4n) is 1.26. The smallest absolute Gasteiger partial charge is 0.0919 e. The van der Waals surface area contributed by atoms with Crippen LogP contribution in [0.1, 0.15) is 18.9 Å². The third kappa shape index (κ3) is 1.65. The van der Waals surface area contributed by atoms with Crippen molar-refractivity contribution in [3.63, 3.8) is 0 Å². The molecule has 2 heteroatoms. The summed E-state index contributed by atoms with van der Waals surface area (Å²) in [5.74, 6) is 0. The lowest BCUT2D eigenvalue weighted by Gasteiger charge is -2.28. The van der Waals surface area contributed by atoms with Gasteiger partial charge < -0.3 is 5.73 Å².